The number of rotatable bonds is 4. The van der Waals surface area contributed by atoms with E-state index >= 15 is 0 Å². The molecule has 0 N–H and O–H groups in total. The van der Waals surface area contributed by atoms with Crippen molar-refractivity contribution in [3.05, 3.63) is 35.6 Å². The van der Waals surface area contributed by atoms with Crippen molar-refractivity contribution >= 4 is 17.0 Å². The van der Waals surface area contributed by atoms with Crippen LogP contribution in [0.15, 0.2) is 24.3 Å². The Bertz CT molecular complexity index is 381. The van der Waals surface area contributed by atoms with Gasteiger partial charge in [0.05, 0.1) is 0 Å². The number of thioether (sulfide) groups is 1. The molecule has 0 aliphatic rings. The van der Waals surface area contributed by atoms with E-state index in [9.17, 15) is 9.18 Å². The summed E-state index contributed by atoms with van der Waals surface area (Å²) in [5.41, 5.74) is 0.960. The zero-order valence-corrected chi connectivity index (χ0v) is 12.1. The van der Waals surface area contributed by atoms with E-state index in [1.54, 1.807) is 12.1 Å². The van der Waals surface area contributed by atoms with Crippen LogP contribution in [-0.4, -0.2) is 22.2 Å². The summed E-state index contributed by atoms with van der Waals surface area (Å²) < 4.78 is 12.7. The molecule has 0 unspecified atom stereocenters. The van der Waals surface area contributed by atoms with Gasteiger partial charge in [-0.25, -0.2) is 4.39 Å². The van der Waals surface area contributed by atoms with Crippen molar-refractivity contribution < 1.29 is 9.18 Å². The molecule has 2 nitrogen and oxygen atoms in total. The number of carbonyl (C=O) groups is 1. The third kappa shape index (κ3) is 4.33. The Hall–Kier alpha value is -1.03. The summed E-state index contributed by atoms with van der Waals surface area (Å²) in [5, 5.41) is 0.0734. The summed E-state index contributed by atoms with van der Waals surface area (Å²) >= 11 is 1.26. The zero-order valence-electron chi connectivity index (χ0n) is 11.3. The van der Waals surface area contributed by atoms with Crippen LogP contribution in [0.25, 0.3) is 0 Å². The normalized spacial score (nSPS) is 11.1. The van der Waals surface area contributed by atoms with Crippen molar-refractivity contribution in [1.29, 1.82) is 0 Å². The zero-order chi connectivity index (χ0) is 13.7. The summed E-state index contributed by atoms with van der Waals surface area (Å²) in [6.07, 6.45) is 0. The van der Waals surface area contributed by atoms with Gasteiger partial charge in [0.25, 0.3) is 5.24 Å². The van der Waals surface area contributed by atoms with Crippen LogP contribution in [0.2, 0.25) is 0 Å². The molecule has 1 aromatic carbocycles. The van der Waals surface area contributed by atoms with E-state index in [0.717, 1.165) is 5.56 Å². The number of benzene rings is 1. The maximum Gasteiger partial charge on any atom is 0.282 e. The van der Waals surface area contributed by atoms with Crippen molar-refractivity contribution in [2.24, 2.45) is 0 Å². The second-order valence-electron chi connectivity index (χ2n) is 4.78. The predicted molar refractivity (Wildman–Crippen MR) is 75.2 cm³/mol. The lowest BCUT2D eigenvalue weighted by Gasteiger charge is -2.30. The molecule has 4 heteroatoms. The molecule has 1 rings (SSSR count). The molecule has 1 amide bonds. The molecule has 0 aromatic heterocycles. The Morgan fingerprint density at radius 2 is 1.67 bits per heavy atom. The highest BCUT2D eigenvalue weighted by Crippen LogP contribution is 2.20. The maximum atomic E-state index is 12.7. The van der Waals surface area contributed by atoms with Crippen LogP contribution in [0.5, 0.6) is 0 Å². The molecular weight excluding hydrogens is 249 g/mol. The van der Waals surface area contributed by atoms with E-state index in [0.29, 0.717) is 5.75 Å². The largest absolute Gasteiger partial charge is 0.329 e. The topological polar surface area (TPSA) is 20.3 Å². The first-order valence-electron chi connectivity index (χ1n) is 6.11. The van der Waals surface area contributed by atoms with Crippen LogP contribution in [0, 0.1) is 5.82 Å². The minimum atomic E-state index is -0.249. The molecule has 0 saturated carbocycles. The molecule has 0 saturated heterocycles. The first-order valence-corrected chi connectivity index (χ1v) is 7.10. The number of hydrogen-bond acceptors (Lipinski definition) is 2. The first kappa shape index (κ1) is 15.0. The molecule has 0 radical (unpaired) electrons. The molecule has 18 heavy (non-hydrogen) atoms. The van der Waals surface area contributed by atoms with Crippen molar-refractivity contribution in [2.75, 3.05) is 0 Å². The lowest BCUT2D eigenvalue weighted by molar-refractivity contribution is 0.190. The Labute approximate surface area is 113 Å². The highest BCUT2D eigenvalue weighted by atomic mass is 32.2. The quantitative estimate of drug-likeness (QED) is 0.812. The minimum Gasteiger partial charge on any atom is -0.329 e. The van der Waals surface area contributed by atoms with Gasteiger partial charge in [-0.05, 0) is 45.4 Å². The van der Waals surface area contributed by atoms with Gasteiger partial charge in [-0.2, -0.15) is 0 Å². The summed E-state index contributed by atoms with van der Waals surface area (Å²) in [4.78, 5) is 13.9. The fourth-order valence-corrected chi connectivity index (χ4v) is 2.87. The number of halogens is 1. The molecule has 0 heterocycles. The highest BCUT2D eigenvalue weighted by molar-refractivity contribution is 8.12. The maximum absolute atomic E-state index is 12.7. The van der Waals surface area contributed by atoms with Crippen molar-refractivity contribution in [1.82, 2.24) is 4.90 Å². The third-order valence-corrected chi connectivity index (χ3v) is 3.53. The Morgan fingerprint density at radius 1 is 1.17 bits per heavy atom. The van der Waals surface area contributed by atoms with E-state index in [1.807, 2.05) is 32.6 Å². The molecule has 0 spiro atoms. The Kier molecular flexibility index (Phi) is 5.66. The Balaban J connectivity index is 2.57. The van der Waals surface area contributed by atoms with Gasteiger partial charge in [-0.15, -0.1) is 0 Å². The highest BCUT2D eigenvalue weighted by Gasteiger charge is 2.20. The van der Waals surface area contributed by atoms with Gasteiger partial charge in [0.15, 0.2) is 0 Å². The van der Waals surface area contributed by atoms with Crippen molar-refractivity contribution in [3.63, 3.8) is 0 Å². The average molecular weight is 269 g/mol. The number of carbonyl (C=O) groups excluding carboxylic acids is 1. The van der Waals surface area contributed by atoms with E-state index in [1.165, 1.54) is 23.9 Å². The molecule has 0 fully saturated rings. The van der Waals surface area contributed by atoms with Crippen LogP contribution in [0.4, 0.5) is 9.18 Å². The van der Waals surface area contributed by atoms with Crippen LogP contribution in [0.1, 0.15) is 33.3 Å². The van der Waals surface area contributed by atoms with Gasteiger partial charge >= 0.3 is 0 Å². The van der Waals surface area contributed by atoms with Crippen molar-refractivity contribution in [2.45, 2.75) is 45.5 Å². The van der Waals surface area contributed by atoms with Crippen LogP contribution < -0.4 is 0 Å². The molecule has 0 aliphatic carbocycles. The monoisotopic (exact) mass is 269 g/mol. The van der Waals surface area contributed by atoms with Gasteiger partial charge in [0.1, 0.15) is 5.82 Å². The predicted octanol–water partition coefficient (Wildman–Crippen LogP) is 4.30. The standard InChI is InChI=1S/C14H20FNOS/c1-10(2)16(11(3)4)14(17)18-9-12-5-7-13(15)8-6-12/h5-8,10-11H,9H2,1-4H3. The fraction of sp³-hybridized carbons (Fsp3) is 0.500. The van der Waals surface area contributed by atoms with E-state index < -0.39 is 0 Å². The molecule has 100 valence electrons. The lowest BCUT2D eigenvalue weighted by Crippen LogP contribution is -2.39. The summed E-state index contributed by atoms with van der Waals surface area (Å²) in [6.45, 7) is 8.04. The molecule has 0 bridgehead atoms. The van der Waals surface area contributed by atoms with E-state index in [2.05, 4.69) is 0 Å². The SMILES string of the molecule is CC(C)N(C(=O)SCc1ccc(F)cc1)C(C)C. The second kappa shape index (κ2) is 6.78. The Morgan fingerprint density at radius 3 is 2.11 bits per heavy atom. The van der Waals surface area contributed by atoms with Gasteiger partial charge in [0, 0.05) is 17.8 Å². The number of amides is 1. The first-order chi connectivity index (χ1) is 8.41. The summed E-state index contributed by atoms with van der Waals surface area (Å²) in [6, 6.07) is 6.65. The molecule has 0 atom stereocenters. The van der Waals surface area contributed by atoms with Gasteiger partial charge in [-0.3, -0.25) is 4.79 Å². The average Bonchev–Trinajstić information content (AvgIpc) is 2.27. The minimum absolute atomic E-state index is 0.0734. The molecular formula is C14H20FNOS. The van der Waals surface area contributed by atoms with Gasteiger partial charge < -0.3 is 4.90 Å². The number of nitrogens with zero attached hydrogens (tertiary/aromatic N) is 1. The molecule has 1 aromatic rings. The summed E-state index contributed by atoms with van der Waals surface area (Å²) in [7, 11) is 0. The third-order valence-electron chi connectivity index (χ3n) is 2.60. The van der Waals surface area contributed by atoms with E-state index in [4.69, 9.17) is 0 Å². The summed E-state index contributed by atoms with van der Waals surface area (Å²) in [5.74, 6) is 0.329. The van der Waals surface area contributed by atoms with Crippen LogP contribution >= 0.6 is 11.8 Å². The van der Waals surface area contributed by atoms with Crippen LogP contribution in [0.3, 0.4) is 0 Å². The van der Waals surface area contributed by atoms with Gasteiger partial charge in [-0.1, -0.05) is 23.9 Å². The lowest BCUT2D eigenvalue weighted by atomic mass is 10.2. The van der Waals surface area contributed by atoms with Crippen LogP contribution in [-0.2, 0) is 5.75 Å². The van der Waals surface area contributed by atoms with E-state index in [-0.39, 0.29) is 23.1 Å². The number of hydrogen-bond donors (Lipinski definition) is 0. The van der Waals surface area contributed by atoms with Crippen molar-refractivity contribution in [3.8, 4) is 0 Å². The second-order valence-corrected chi connectivity index (χ2v) is 5.70. The van der Waals surface area contributed by atoms with Gasteiger partial charge in [0.2, 0.25) is 0 Å². The molecule has 0 aliphatic heterocycles. The fourth-order valence-electron chi connectivity index (χ4n) is 1.82. The smallest absolute Gasteiger partial charge is 0.282 e.